The van der Waals surface area contributed by atoms with Gasteiger partial charge in [0.15, 0.2) is 0 Å². The summed E-state index contributed by atoms with van der Waals surface area (Å²) in [5.41, 5.74) is 0.892. The molecule has 0 spiro atoms. The summed E-state index contributed by atoms with van der Waals surface area (Å²) in [6.45, 7) is 2.35. The molecular weight excluding hydrogens is 256 g/mol. The molecule has 0 aliphatic heterocycles. The summed E-state index contributed by atoms with van der Waals surface area (Å²) >= 11 is 0. The van der Waals surface area contributed by atoms with Gasteiger partial charge in [-0.25, -0.2) is 0 Å². The van der Waals surface area contributed by atoms with Gasteiger partial charge >= 0.3 is 5.97 Å². The first kappa shape index (κ1) is 16.2. The average Bonchev–Trinajstić information content (AvgIpc) is 2.49. The average molecular weight is 278 g/mol. The molecule has 2 unspecified atom stereocenters. The van der Waals surface area contributed by atoms with E-state index in [1.165, 1.54) is 7.11 Å². The molecule has 0 aliphatic carbocycles. The van der Waals surface area contributed by atoms with Crippen LogP contribution in [-0.2, 0) is 14.3 Å². The van der Waals surface area contributed by atoms with Gasteiger partial charge in [-0.1, -0.05) is 30.3 Å². The fourth-order valence-corrected chi connectivity index (χ4v) is 1.96. The molecule has 1 amide bonds. The number of amides is 1. The molecule has 0 bridgehead atoms. The van der Waals surface area contributed by atoms with Gasteiger partial charge in [-0.3, -0.25) is 9.59 Å². The Morgan fingerprint density at radius 3 is 2.45 bits per heavy atom. The first-order valence-corrected chi connectivity index (χ1v) is 6.67. The van der Waals surface area contributed by atoms with E-state index in [1.54, 1.807) is 14.0 Å². The van der Waals surface area contributed by atoms with Crippen LogP contribution >= 0.6 is 0 Å². The molecule has 0 aromatic heterocycles. The molecule has 20 heavy (non-hydrogen) atoms. The smallest absolute Gasteiger partial charge is 0.310 e. The lowest BCUT2D eigenvalue weighted by Crippen LogP contribution is -2.37. The topological polar surface area (TPSA) is 67.4 Å². The third kappa shape index (κ3) is 4.66. The van der Waals surface area contributed by atoms with E-state index >= 15 is 0 Å². The van der Waals surface area contributed by atoms with Gasteiger partial charge in [0.05, 0.1) is 19.1 Å². The van der Waals surface area contributed by atoms with Crippen LogP contribution < -0.4 is 10.6 Å². The lowest BCUT2D eigenvalue weighted by molar-refractivity contribution is -0.146. The molecule has 2 N–H and O–H groups in total. The molecule has 1 aromatic carbocycles. The Morgan fingerprint density at radius 2 is 1.90 bits per heavy atom. The van der Waals surface area contributed by atoms with Crippen molar-refractivity contribution < 1.29 is 14.3 Å². The van der Waals surface area contributed by atoms with Crippen molar-refractivity contribution in [1.29, 1.82) is 0 Å². The van der Waals surface area contributed by atoms with E-state index in [9.17, 15) is 9.59 Å². The number of benzene rings is 1. The molecule has 0 heterocycles. The van der Waals surface area contributed by atoms with Crippen molar-refractivity contribution in [1.82, 2.24) is 10.6 Å². The van der Waals surface area contributed by atoms with Crippen LogP contribution in [-0.4, -0.2) is 32.6 Å². The van der Waals surface area contributed by atoms with E-state index < -0.39 is 5.92 Å². The van der Waals surface area contributed by atoms with E-state index in [2.05, 4.69) is 10.6 Å². The number of esters is 1. The highest BCUT2D eigenvalue weighted by Crippen LogP contribution is 2.23. The molecule has 1 aromatic rings. The number of hydrogen-bond acceptors (Lipinski definition) is 4. The summed E-state index contributed by atoms with van der Waals surface area (Å²) in [5.74, 6) is -0.877. The summed E-state index contributed by atoms with van der Waals surface area (Å²) in [4.78, 5) is 23.6. The van der Waals surface area contributed by atoms with E-state index in [0.29, 0.717) is 13.0 Å². The van der Waals surface area contributed by atoms with Crippen LogP contribution in [0.1, 0.15) is 24.9 Å². The molecule has 0 saturated heterocycles. The van der Waals surface area contributed by atoms with E-state index in [4.69, 9.17) is 4.74 Å². The minimum atomic E-state index is -0.444. The largest absolute Gasteiger partial charge is 0.469 e. The lowest BCUT2D eigenvalue weighted by atomic mass is 9.94. The Balaban J connectivity index is 2.85. The van der Waals surface area contributed by atoms with Gasteiger partial charge in [0.25, 0.3) is 0 Å². The minimum Gasteiger partial charge on any atom is -0.469 e. The van der Waals surface area contributed by atoms with Crippen LogP contribution in [0.2, 0.25) is 0 Å². The van der Waals surface area contributed by atoms with Crippen LogP contribution in [0.5, 0.6) is 0 Å². The normalized spacial score (nSPS) is 13.3. The summed E-state index contributed by atoms with van der Waals surface area (Å²) in [7, 11) is 3.14. The zero-order valence-electron chi connectivity index (χ0n) is 12.2. The summed E-state index contributed by atoms with van der Waals surface area (Å²) in [6, 6.07) is 9.06. The van der Waals surface area contributed by atoms with Gasteiger partial charge in [0.2, 0.25) is 5.91 Å². The molecule has 5 nitrogen and oxygen atoms in total. The van der Waals surface area contributed by atoms with E-state index in [-0.39, 0.29) is 17.9 Å². The summed E-state index contributed by atoms with van der Waals surface area (Å²) < 4.78 is 4.77. The highest BCUT2D eigenvalue weighted by Gasteiger charge is 2.27. The van der Waals surface area contributed by atoms with Crippen LogP contribution in [0.25, 0.3) is 0 Å². The molecule has 1 rings (SSSR count). The zero-order valence-corrected chi connectivity index (χ0v) is 12.2. The second kappa shape index (κ2) is 8.32. The van der Waals surface area contributed by atoms with Gasteiger partial charge in [0, 0.05) is 13.0 Å². The van der Waals surface area contributed by atoms with Crippen molar-refractivity contribution in [2.24, 2.45) is 5.92 Å². The quantitative estimate of drug-likeness (QED) is 0.737. The van der Waals surface area contributed by atoms with Gasteiger partial charge < -0.3 is 15.4 Å². The highest BCUT2D eigenvalue weighted by atomic mass is 16.5. The van der Waals surface area contributed by atoms with E-state index in [0.717, 1.165) is 5.56 Å². The fraction of sp³-hybridized carbons (Fsp3) is 0.467. The molecule has 0 aliphatic rings. The van der Waals surface area contributed by atoms with Crippen molar-refractivity contribution in [3.63, 3.8) is 0 Å². The number of methoxy groups -OCH3 is 1. The van der Waals surface area contributed by atoms with E-state index in [1.807, 2.05) is 30.3 Å². The molecular formula is C15H22N2O3. The zero-order chi connectivity index (χ0) is 15.0. The third-order valence-electron chi connectivity index (χ3n) is 3.15. The van der Waals surface area contributed by atoms with Crippen molar-refractivity contribution in [2.45, 2.75) is 19.4 Å². The Bertz CT molecular complexity index is 434. The van der Waals surface area contributed by atoms with Crippen LogP contribution in [0, 0.1) is 5.92 Å². The van der Waals surface area contributed by atoms with Crippen molar-refractivity contribution in [3.05, 3.63) is 35.9 Å². The number of hydrogen-bond donors (Lipinski definition) is 2. The number of ether oxygens (including phenoxy) is 1. The third-order valence-corrected chi connectivity index (χ3v) is 3.15. The highest BCUT2D eigenvalue weighted by molar-refractivity contribution is 5.79. The van der Waals surface area contributed by atoms with Gasteiger partial charge in [-0.2, -0.15) is 0 Å². The fourth-order valence-electron chi connectivity index (χ4n) is 1.96. The van der Waals surface area contributed by atoms with Gasteiger partial charge in [-0.15, -0.1) is 0 Å². The number of nitrogens with one attached hydrogen (secondary N) is 2. The first-order chi connectivity index (χ1) is 9.60. The Hall–Kier alpha value is -1.88. The van der Waals surface area contributed by atoms with Crippen molar-refractivity contribution >= 4 is 11.9 Å². The van der Waals surface area contributed by atoms with Crippen LogP contribution in [0.3, 0.4) is 0 Å². The second-order valence-corrected chi connectivity index (χ2v) is 4.62. The predicted molar refractivity (Wildman–Crippen MR) is 77.0 cm³/mol. The second-order valence-electron chi connectivity index (χ2n) is 4.62. The Morgan fingerprint density at radius 1 is 1.25 bits per heavy atom. The summed E-state index contributed by atoms with van der Waals surface area (Å²) in [5, 5.41) is 5.83. The summed E-state index contributed by atoms with van der Waals surface area (Å²) in [6.07, 6.45) is 0.369. The van der Waals surface area contributed by atoms with Crippen molar-refractivity contribution in [3.8, 4) is 0 Å². The predicted octanol–water partition coefficient (Wildman–Crippen LogP) is 1.26. The van der Waals surface area contributed by atoms with Crippen molar-refractivity contribution in [2.75, 3.05) is 20.7 Å². The number of rotatable bonds is 7. The monoisotopic (exact) mass is 278 g/mol. The maximum Gasteiger partial charge on any atom is 0.310 e. The van der Waals surface area contributed by atoms with Crippen LogP contribution in [0.4, 0.5) is 0 Å². The number of carbonyl (C=O) groups excluding carboxylic acids is 2. The Kier molecular flexibility index (Phi) is 6.73. The molecule has 0 fully saturated rings. The molecule has 110 valence electrons. The maximum absolute atomic E-state index is 11.9. The SMILES string of the molecule is CNCCC(=O)NC(c1ccccc1)C(C)C(=O)OC. The number of carbonyl (C=O) groups is 2. The van der Waals surface area contributed by atoms with Gasteiger partial charge in [-0.05, 0) is 19.5 Å². The molecule has 5 heteroatoms. The maximum atomic E-state index is 11.9. The Labute approximate surface area is 119 Å². The lowest BCUT2D eigenvalue weighted by Gasteiger charge is -2.24. The first-order valence-electron chi connectivity index (χ1n) is 6.67. The molecule has 2 atom stereocenters. The van der Waals surface area contributed by atoms with Gasteiger partial charge in [0.1, 0.15) is 0 Å². The minimum absolute atomic E-state index is 0.0936. The molecule has 0 saturated carbocycles. The standard InChI is InChI=1S/C15H22N2O3/c1-11(15(19)20-3)14(12-7-5-4-6-8-12)17-13(18)9-10-16-2/h4-8,11,14,16H,9-10H2,1-3H3,(H,17,18). The van der Waals surface area contributed by atoms with Crippen LogP contribution in [0.15, 0.2) is 30.3 Å². The molecule has 0 radical (unpaired) electrons.